The Morgan fingerprint density at radius 3 is 2.75 bits per heavy atom. The number of hydrogen-bond acceptors (Lipinski definition) is 4. The molecule has 20 heavy (non-hydrogen) atoms. The van der Waals surface area contributed by atoms with Crippen LogP contribution in [0.25, 0.3) is 5.57 Å². The van der Waals surface area contributed by atoms with Gasteiger partial charge in [-0.05, 0) is 18.1 Å². The minimum Gasteiger partial charge on any atom is -0.496 e. The van der Waals surface area contributed by atoms with Crippen molar-refractivity contribution >= 4 is 17.4 Å². The van der Waals surface area contributed by atoms with E-state index in [4.69, 9.17) is 9.84 Å². The van der Waals surface area contributed by atoms with Gasteiger partial charge in [-0.25, -0.2) is 4.79 Å². The molecule has 7 heteroatoms. The minimum absolute atomic E-state index is 0.0117. The Bertz CT molecular complexity index is 582. The number of benzene rings is 1. The van der Waals surface area contributed by atoms with Gasteiger partial charge in [0.05, 0.1) is 12.0 Å². The van der Waals surface area contributed by atoms with E-state index in [1.165, 1.54) is 24.1 Å². The molecule has 0 atom stereocenters. The average molecular weight is 278 g/mol. The van der Waals surface area contributed by atoms with Crippen LogP contribution in [0.1, 0.15) is 12.0 Å². The molecule has 1 heterocycles. The predicted octanol–water partition coefficient (Wildman–Crippen LogP) is 2.37. The number of carboxylic acid groups (broad SMARTS) is 1. The van der Waals surface area contributed by atoms with Gasteiger partial charge in [-0.1, -0.05) is 6.08 Å². The summed E-state index contributed by atoms with van der Waals surface area (Å²) in [7, 11) is 1.50. The molecule has 7 nitrogen and oxygen atoms in total. The zero-order valence-electron chi connectivity index (χ0n) is 10.9. The highest BCUT2D eigenvalue weighted by molar-refractivity contribution is 5.75. The van der Waals surface area contributed by atoms with E-state index in [0.29, 0.717) is 24.3 Å². The Balaban J connectivity index is 2.34. The molecular weight excluding hydrogens is 264 g/mol. The maximum absolute atomic E-state index is 10.8. The molecule has 0 radical (unpaired) electrons. The van der Waals surface area contributed by atoms with E-state index < -0.39 is 11.0 Å². The van der Waals surface area contributed by atoms with Gasteiger partial charge in [0.15, 0.2) is 0 Å². The van der Waals surface area contributed by atoms with E-state index in [1.807, 2.05) is 0 Å². The fourth-order valence-electron chi connectivity index (χ4n) is 2.15. The molecule has 1 N–H and O–H groups in total. The van der Waals surface area contributed by atoms with Crippen LogP contribution < -0.4 is 4.74 Å². The second kappa shape index (κ2) is 5.60. The fraction of sp³-hybridized carbons (Fsp3) is 0.308. The Kier molecular flexibility index (Phi) is 3.88. The first-order chi connectivity index (χ1) is 9.52. The lowest BCUT2D eigenvalue weighted by atomic mass is 9.98. The summed E-state index contributed by atoms with van der Waals surface area (Å²) in [6.07, 6.45) is 1.30. The van der Waals surface area contributed by atoms with Crippen LogP contribution in [-0.2, 0) is 0 Å². The Hall–Kier alpha value is -2.57. The number of rotatable bonds is 3. The molecule has 0 unspecified atom stereocenters. The van der Waals surface area contributed by atoms with Crippen LogP contribution in [0, 0.1) is 10.1 Å². The highest BCUT2D eigenvalue weighted by Crippen LogP contribution is 2.33. The van der Waals surface area contributed by atoms with Crippen molar-refractivity contribution in [2.24, 2.45) is 0 Å². The molecule has 1 aliphatic heterocycles. The van der Waals surface area contributed by atoms with Gasteiger partial charge in [-0.3, -0.25) is 10.1 Å². The van der Waals surface area contributed by atoms with E-state index in [9.17, 15) is 14.9 Å². The van der Waals surface area contributed by atoms with Gasteiger partial charge in [0.25, 0.3) is 5.69 Å². The van der Waals surface area contributed by atoms with E-state index >= 15 is 0 Å². The van der Waals surface area contributed by atoms with Crippen molar-refractivity contribution in [3.8, 4) is 5.75 Å². The molecule has 106 valence electrons. The van der Waals surface area contributed by atoms with Gasteiger partial charge in [0.1, 0.15) is 5.75 Å². The molecule has 0 saturated heterocycles. The third kappa shape index (κ3) is 2.71. The molecule has 0 bridgehead atoms. The van der Waals surface area contributed by atoms with Crippen molar-refractivity contribution < 1.29 is 19.6 Å². The maximum atomic E-state index is 10.8. The predicted molar refractivity (Wildman–Crippen MR) is 71.8 cm³/mol. The van der Waals surface area contributed by atoms with Gasteiger partial charge in [-0.2, -0.15) is 0 Å². The average Bonchev–Trinajstić information content (AvgIpc) is 2.46. The number of nitro groups is 1. The van der Waals surface area contributed by atoms with Crippen molar-refractivity contribution in [3.05, 3.63) is 40.0 Å². The van der Waals surface area contributed by atoms with E-state index in [-0.39, 0.29) is 12.2 Å². The van der Waals surface area contributed by atoms with Crippen LogP contribution in [0.5, 0.6) is 5.75 Å². The SMILES string of the molecule is COc1ccc([N+](=O)[O-])cc1C1=CCN(C(=O)O)CC1. The van der Waals surface area contributed by atoms with E-state index in [1.54, 1.807) is 12.1 Å². The van der Waals surface area contributed by atoms with Crippen LogP contribution >= 0.6 is 0 Å². The van der Waals surface area contributed by atoms with Gasteiger partial charge in [0.2, 0.25) is 0 Å². The molecular formula is C13H14N2O5. The fourth-order valence-corrected chi connectivity index (χ4v) is 2.15. The number of methoxy groups -OCH3 is 1. The number of ether oxygens (including phenoxy) is 1. The molecule has 1 aromatic rings. The lowest BCUT2D eigenvalue weighted by molar-refractivity contribution is -0.384. The van der Waals surface area contributed by atoms with E-state index in [2.05, 4.69) is 0 Å². The number of non-ortho nitro benzene ring substituents is 1. The van der Waals surface area contributed by atoms with Crippen LogP contribution in [0.15, 0.2) is 24.3 Å². The third-order valence-corrected chi connectivity index (χ3v) is 3.22. The molecule has 0 saturated carbocycles. The third-order valence-electron chi connectivity index (χ3n) is 3.22. The zero-order valence-corrected chi connectivity index (χ0v) is 10.9. The lowest BCUT2D eigenvalue weighted by Gasteiger charge is -2.24. The lowest BCUT2D eigenvalue weighted by Crippen LogP contribution is -2.33. The highest BCUT2D eigenvalue weighted by Gasteiger charge is 2.20. The molecule has 2 rings (SSSR count). The smallest absolute Gasteiger partial charge is 0.407 e. The van der Waals surface area contributed by atoms with Crippen LogP contribution in [0.3, 0.4) is 0 Å². The van der Waals surface area contributed by atoms with Crippen molar-refractivity contribution in [1.82, 2.24) is 4.90 Å². The number of hydrogen-bond donors (Lipinski definition) is 1. The summed E-state index contributed by atoms with van der Waals surface area (Å²) in [4.78, 5) is 22.5. The molecule has 0 spiro atoms. The maximum Gasteiger partial charge on any atom is 0.407 e. The number of nitrogens with zero attached hydrogens (tertiary/aromatic N) is 2. The van der Waals surface area contributed by atoms with Gasteiger partial charge < -0.3 is 14.7 Å². The van der Waals surface area contributed by atoms with E-state index in [0.717, 1.165) is 5.57 Å². The summed E-state index contributed by atoms with van der Waals surface area (Å²) in [5.41, 5.74) is 1.50. The Morgan fingerprint density at radius 1 is 1.50 bits per heavy atom. The number of amides is 1. The molecule has 0 aliphatic carbocycles. The molecule has 1 amide bonds. The minimum atomic E-state index is -0.966. The molecule has 1 aliphatic rings. The quantitative estimate of drug-likeness (QED) is 0.676. The Labute approximate surface area is 115 Å². The van der Waals surface area contributed by atoms with Crippen LogP contribution in [-0.4, -0.2) is 41.2 Å². The standard InChI is InChI=1S/C13H14N2O5/c1-20-12-3-2-10(15(18)19)8-11(12)9-4-6-14(7-5-9)13(16)17/h2-4,8H,5-7H2,1H3,(H,16,17). The normalized spacial score (nSPS) is 14.7. The first kappa shape index (κ1) is 13.9. The number of nitro benzene ring substituents is 1. The first-order valence-electron chi connectivity index (χ1n) is 6.02. The Morgan fingerprint density at radius 2 is 2.25 bits per heavy atom. The van der Waals surface area contributed by atoms with Gasteiger partial charge in [0, 0.05) is 30.8 Å². The van der Waals surface area contributed by atoms with Crippen molar-refractivity contribution in [3.63, 3.8) is 0 Å². The van der Waals surface area contributed by atoms with Crippen LogP contribution in [0.2, 0.25) is 0 Å². The van der Waals surface area contributed by atoms with Crippen molar-refractivity contribution in [2.45, 2.75) is 6.42 Å². The van der Waals surface area contributed by atoms with Crippen LogP contribution in [0.4, 0.5) is 10.5 Å². The van der Waals surface area contributed by atoms with Gasteiger partial charge in [-0.15, -0.1) is 0 Å². The van der Waals surface area contributed by atoms with Crippen molar-refractivity contribution in [2.75, 3.05) is 20.2 Å². The second-order valence-corrected chi connectivity index (χ2v) is 4.35. The monoisotopic (exact) mass is 278 g/mol. The summed E-state index contributed by atoms with van der Waals surface area (Å²) < 4.78 is 5.21. The molecule has 1 aromatic carbocycles. The summed E-state index contributed by atoms with van der Waals surface area (Å²) in [6.45, 7) is 0.642. The molecule has 0 fully saturated rings. The number of carbonyl (C=O) groups is 1. The largest absolute Gasteiger partial charge is 0.496 e. The second-order valence-electron chi connectivity index (χ2n) is 4.35. The molecule has 0 aromatic heterocycles. The summed E-state index contributed by atoms with van der Waals surface area (Å²) in [5.74, 6) is 0.547. The first-order valence-corrected chi connectivity index (χ1v) is 6.02. The van der Waals surface area contributed by atoms with Gasteiger partial charge >= 0.3 is 6.09 Å². The summed E-state index contributed by atoms with van der Waals surface area (Å²) >= 11 is 0. The zero-order chi connectivity index (χ0) is 14.7. The summed E-state index contributed by atoms with van der Waals surface area (Å²) in [5, 5.41) is 19.7. The van der Waals surface area contributed by atoms with Crippen molar-refractivity contribution in [1.29, 1.82) is 0 Å². The topological polar surface area (TPSA) is 92.9 Å². The summed E-state index contributed by atoms with van der Waals surface area (Å²) in [6, 6.07) is 4.40. The highest BCUT2D eigenvalue weighted by atomic mass is 16.6.